The van der Waals surface area contributed by atoms with Crippen LogP contribution in [0.5, 0.6) is 0 Å². The Morgan fingerprint density at radius 3 is 2.85 bits per heavy atom. The number of ether oxygens (including phenoxy) is 1. The van der Waals surface area contributed by atoms with Crippen LogP contribution in [0.15, 0.2) is 12.5 Å². The number of esters is 1. The summed E-state index contributed by atoms with van der Waals surface area (Å²) in [4.78, 5) is 16.3. The van der Waals surface area contributed by atoms with Gasteiger partial charge in [0.1, 0.15) is 6.04 Å². The van der Waals surface area contributed by atoms with Crippen molar-refractivity contribution in [1.82, 2.24) is 14.9 Å². The summed E-state index contributed by atoms with van der Waals surface area (Å²) in [5.41, 5.74) is 1.08. The Hall–Kier alpha value is -1.36. The minimum Gasteiger partial charge on any atom is -0.467 e. The predicted molar refractivity (Wildman–Crippen MR) is 77.3 cm³/mol. The van der Waals surface area contributed by atoms with Crippen LogP contribution >= 0.6 is 0 Å². The van der Waals surface area contributed by atoms with Crippen LogP contribution in [0.2, 0.25) is 0 Å². The third-order valence-electron chi connectivity index (χ3n) is 4.04. The molecule has 1 fully saturated rings. The van der Waals surface area contributed by atoms with Gasteiger partial charge in [0, 0.05) is 18.3 Å². The Balaban J connectivity index is 2.28. The van der Waals surface area contributed by atoms with Gasteiger partial charge in [-0.05, 0) is 32.1 Å². The molecule has 0 bridgehead atoms. The molecule has 0 saturated carbocycles. The second-order valence-corrected chi connectivity index (χ2v) is 5.99. The minimum absolute atomic E-state index is 0.163. The van der Waals surface area contributed by atoms with Crippen LogP contribution in [0.25, 0.3) is 0 Å². The van der Waals surface area contributed by atoms with Crippen LogP contribution in [0.1, 0.15) is 57.8 Å². The highest BCUT2D eigenvalue weighted by molar-refractivity contribution is 5.74. The van der Waals surface area contributed by atoms with E-state index in [-0.39, 0.29) is 24.0 Å². The van der Waals surface area contributed by atoms with Gasteiger partial charge in [0.2, 0.25) is 0 Å². The Morgan fingerprint density at radius 2 is 2.25 bits per heavy atom. The van der Waals surface area contributed by atoms with E-state index in [1.54, 1.807) is 6.33 Å². The lowest BCUT2D eigenvalue weighted by Crippen LogP contribution is -2.37. The van der Waals surface area contributed by atoms with Crippen molar-refractivity contribution in [2.75, 3.05) is 7.11 Å². The fraction of sp³-hybridized carbons (Fsp3) is 0.733. The molecule has 20 heavy (non-hydrogen) atoms. The van der Waals surface area contributed by atoms with Crippen molar-refractivity contribution in [3.05, 3.63) is 18.2 Å². The van der Waals surface area contributed by atoms with Gasteiger partial charge in [-0.2, -0.15) is 0 Å². The number of methoxy groups -OCH3 is 1. The number of rotatable bonds is 4. The first-order valence-electron chi connectivity index (χ1n) is 7.40. The van der Waals surface area contributed by atoms with E-state index in [2.05, 4.69) is 17.2 Å². The number of nitrogens with one attached hydrogen (secondary N) is 1. The summed E-state index contributed by atoms with van der Waals surface area (Å²) in [7, 11) is 1.44. The molecule has 2 heterocycles. The molecule has 2 rings (SSSR count). The zero-order valence-corrected chi connectivity index (χ0v) is 12.8. The van der Waals surface area contributed by atoms with Crippen molar-refractivity contribution in [2.45, 2.75) is 58.2 Å². The second kappa shape index (κ2) is 6.39. The van der Waals surface area contributed by atoms with Gasteiger partial charge in [0.25, 0.3) is 0 Å². The normalized spacial score (nSPS) is 24.6. The van der Waals surface area contributed by atoms with Crippen LogP contribution in [-0.2, 0) is 9.53 Å². The van der Waals surface area contributed by atoms with E-state index in [1.807, 2.05) is 24.6 Å². The van der Waals surface area contributed by atoms with Gasteiger partial charge in [-0.1, -0.05) is 13.8 Å². The molecule has 3 atom stereocenters. The van der Waals surface area contributed by atoms with Gasteiger partial charge in [-0.15, -0.1) is 0 Å². The summed E-state index contributed by atoms with van der Waals surface area (Å²) in [6.45, 7) is 6.26. The first-order chi connectivity index (χ1) is 9.54. The number of imidazole rings is 1. The molecule has 1 aliphatic heterocycles. The highest BCUT2D eigenvalue weighted by atomic mass is 16.5. The number of carbonyl (C=O) groups excluding carboxylic acids is 1. The lowest BCUT2D eigenvalue weighted by atomic mass is 9.96. The largest absolute Gasteiger partial charge is 0.467 e. The molecule has 1 saturated heterocycles. The van der Waals surface area contributed by atoms with Crippen LogP contribution in [0, 0.1) is 5.92 Å². The Kier molecular flexibility index (Phi) is 4.81. The van der Waals surface area contributed by atoms with Gasteiger partial charge >= 0.3 is 5.97 Å². The van der Waals surface area contributed by atoms with E-state index >= 15 is 0 Å². The molecule has 0 radical (unpaired) electrons. The third kappa shape index (κ3) is 3.03. The number of nitrogens with zero attached hydrogens (tertiary/aromatic N) is 2. The summed E-state index contributed by atoms with van der Waals surface area (Å²) in [6, 6.07) is 0.469. The highest BCUT2D eigenvalue weighted by Gasteiger charge is 2.30. The maximum Gasteiger partial charge on any atom is 0.329 e. The van der Waals surface area contributed by atoms with Gasteiger partial charge in [0.15, 0.2) is 0 Å². The molecule has 0 spiro atoms. The molecule has 0 amide bonds. The lowest BCUT2D eigenvalue weighted by molar-refractivity contribution is -0.146. The molecule has 5 heteroatoms. The summed E-state index contributed by atoms with van der Waals surface area (Å²) in [6.07, 6.45) is 7.11. The molecular weight excluding hydrogens is 254 g/mol. The van der Waals surface area contributed by atoms with Crippen molar-refractivity contribution in [2.24, 2.45) is 5.92 Å². The molecule has 1 aliphatic rings. The number of hydrogen-bond acceptors (Lipinski definition) is 4. The maximum atomic E-state index is 12.1. The van der Waals surface area contributed by atoms with E-state index in [4.69, 9.17) is 4.74 Å². The van der Waals surface area contributed by atoms with Gasteiger partial charge in [0.05, 0.1) is 19.1 Å². The number of piperidine rings is 1. The van der Waals surface area contributed by atoms with E-state index in [1.165, 1.54) is 20.0 Å². The minimum atomic E-state index is -0.309. The first kappa shape index (κ1) is 15.0. The zero-order valence-electron chi connectivity index (χ0n) is 12.8. The van der Waals surface area contributed by atoms with Gasteiger partial charge < -0.3 is 14.6 Å². The second-order valence-electron chi connectivity index (χ2n) is 5.99. The fourth-order valence-electron chi connectivity index (χ4n) is 3.02. The predicted octanol–water partition coefficient (Wildman–Crippen LogP) is 2.46. The number of aromatic nitrogens is 2. The standard InChI is InChI=1S/C15H25N3O2/c1-10(2)14(15(19)20-4)18-9-16-8-13(18)12-7-5-6-11(3)17-12/h8-12,14,17H,5-7H2,1-4H3. The molecule has 1 aromatic rings. The van der Waals surface area contributed by atoms with Crippen LogP contribution in [0.4, 0.5) is 0 Å². The van der Waals surface area contributed by atoms with E-state index < -0.39 is 0 Å². The number of carbonyl (C=O) groups is 1. The van der Waals surface area contributed by atoms with Gasteiger partial charge in [-0.25, -0.2) is 9.78 Å². The molecule has 1 aromatic heterocycles. The summed E-state index contributed by atoms with van der Waals surface area (Å²) in [5.74, 6) is -0.0421. The monoisotopic (exact) mass is 279 g/mol. The average molecular weight is 279 g/mol. The topological polar surface area (TPSA) is 56.2 Å². The first-order valence-corrected chi connectivity index (χ1v) is 7.40. The van der Waals surface area contributed by atoms with Crippen molar-refractivity contribution in [1.29, 1.82) is 0 Å². The molecule has 3 unspecified atom stereocenters. The maximum absolute atomic E-state index is 12.1. The molecule has 112 valence electrons. The molecule has 0 aromatic carbocycles. The Bertz CT molecular complexity index is 456. The quantitative estimate of drug-likeness (QED) is 0.860. The number of hydrogen-bond donors (Lipinski definition) is 1. The zero-order chi connectivity index (χ0) is 14.7. The SMILES string of the molecule is COC(=O)C(C(C)C)n1cncc1C1CCCC(C)N1. The van der Waals surface area contributed by atoms with Crippen molar-refractivity contribution >= 4 is 5.97 Å². The summed E-state index contributed by atoms with van der Waals surface area (Å²) in [5, 5.41) is 3.60. The van der Waals surface area contributed by atoms with Crippen molar-refractivity contribution in [3.63, 3.8) is 0 Å². The van der Waals surface area contributed by atoms with E-state index in [0.29, 0.717) is 6.04 Å². The van der Waals surface area contributed by atoms with Gasteiger partial charge in [-0.3, -0.25) is 0 Å². The van der Waals surface area contributed by atoms with Crippen molar-refractivity contribution < 1.29 is 9.53 Å². The molecule has 0 aliphatic carbocycles. The molecule has 5 nitrogen and oxygen atoms in total. The summed E-state index contributed by atoms with van der Waals surface area (Å²) >= 11 is 0. The highest BCUT2D eigenvalue weighted by Crippen LogP contribution is 2.29. The molecular formula is C15H25N3O2. The van der Waals surface area contributed by atoms with E-state index in [0.717, 1.165) is 12.1 Å². The fourth-order valence-corrected chi connectivity index (χ4v) is 3.02. The van der Waals surface area contributed by atoms with Crippen LogP contribution in [-0.4, -0.2) is 28.7 Å². The molecule has 1 N–H and O–H groups in total. The smallest absolute Gasteiger partial charge is 0.329 e. The Morgan fingerprint density at radius 1 is 1.50 bits per heavy atom. The summed E-state index contributed by atoms with van der Waals surface area (Å²) < 4.78 is 6.93. The van der Waals surface area contributed by atoms with Crippen LogP contribution < -0.4 is 5.32 Å². The Labute approximate surface area is 120 Å². The van der Waals surface area contributed by atoms with E-state index in [9.17, 15) is 4.79 Å². The third-order valence-corrected chi connectivity index (χ3v) is 4.04. The van der Waals surface area contributed by atoms with Crippen LogP contribution in [0.3, 0.4) is 0 Å². The lowest BCUT2D eigenvalue weighted by Gasteiger charge is -2.31. The average Bonchev–Trinajstić information content (AvgIpc) is 2.87. The van der Waals surface area contributed by atoms with Crippen molar-refractivity contribution in [3.8, 4) is 0 Å².